The van der Waals surface area contributed by atoms with E-state index in [0.29, 0.717) is 17.7 Å². The van der Waals surface area contributed by atoms with Gasteiger partial charge >= 0.3 is 5.88 Å². The first-order chi connectivity index (χ1) is 13.7. The molecule has 0 spiro atoms. The molecule has 1 saturated heterocycles. The minimum absolute atomic E-state index is 0.0180. The van der Waals surface area contributed by atoms with E-state index in [1.165, 1.54) is 11.8 Å². The number of carbonyl (C=O) groups is 1. The third-order valence-corrected chi connectivity index (χ3v) is 5.53. The molecule has 3 rings (SSSR count). The number of aromatic nitrogens is 2. The first kappa shape index (κ1) is 20.3. The second kappa shape index (κ2) is 10.2. The van der Waals surface area contributed by atoms with Gasteiger partial charge in [0.2, 0.25) is 10.4 Å². The summed E-state index contributed by atoms with van der Waals surface area (Å²) in [5, 5.41) is 18.0. The third kappa shape index (κ3) is 5.80. The van der Waals surface area contributed by atoms with Crippen molar-refractivity contribution >= 4 is 28.7 Å². The second-order valence-electron chi connectivity index (χ2n) is 6.46. The lowest BCUT2D eigenvalue weighted by Crippen LogP contribution is -2.65. The average molecular weight is 404 g/mol. The number of rotatable bonds is 8. The number of nitrogens with zero attached hydrogens (tertiary/aromatic N) is 5. The maximum Gasteiger partial charge on any atom is 0.324 e. The van der Waals surface area contributed by atoms with E-state index in [1.807, 2.05) is 18.2 Å². The molecular formula is C19H25N5O3S. The summed E-state index contributed by atoms with van der Waals surface area (Å²) in [6.07, 6.45) is 2.48. The van der Waals surface area contributed by atoms with Crippen molar-refractivity contribution in [2.24, 2.45) is 4.99 Å². The Labute approximate surface area is 168 Å². The van der Waals surface area contributed by atoms with Gasteiger partial charge in [-0.05, 0) is 25.3 Å². The highest BCUT2D eigenvalue weighted by atomic mass is 32.2. The van der Waals surface area contributed by atoms with Crippen molar-refractivity contribution in [3.05, 3.63) is 42.1 Å². The van der Waals surface area contributed by atoms with Crippen LogP contribution in [0.5, 0.6) is 0 Å². The lowest BCUT2D eigenvalue weighted by Gasteiger charge is -2.28. The normalized spacial score (nSPS) is 15.8. The van der Waals surface area contributed by atoms with Crippen LogP contribution in [-0.2, 0) is 0 Å². The lowest BCUT2D eigenvalue weighted by atomic mass is 10.2. The van der Waals surface area contributed by atoms with Gasteiger partial charge in [0, 0.05) is 24.4 Å². The Bertz CT molecular complexity index is 788. The maximum absolute atomic E-state index is 12.0. The quantitative estimate of drug-likeness (QED) is 0.281. The Morgan fingerprint density at radius 3 is 2.75 bits per heavy atom. The molecule has 0 bridgehead atoms. The molecule has 2 heterocycles. The first-order valence-electron chi connectivity index (χ1n) is 9.48. The highest BCUT2D eigenvalue weighted by Gasteiger charge is 2.25. The SMILES string of the molecule is CCN1CCN([n+]2cc(N=C([O-])CCCSC(=O)c3ccccc3)on2)CC1. The van der Waals surface area contributed by atoms with Gasteiger partial charge in [-0.3, -0.25) is 14.2 Å². The van der Waals surface area contributed by atoms with Gasteiger partial charge in [0.1, 0.15) is 0 Å². The van der Waals surface area contributed by atoms with Gasteiger partial charge in [0.15, 0.2) is 0 Å². The van der Waals surface area contributed by atoms with Gasteiger partial charge in [-0.25, -0.2) is 4.99 Å². The fraction of sp³-hybridized carbons (Fsp3) is 0.474. The van der Waals surface area contributed by atoms with Crippen molar-refractivity contribution < 1.29 is 19.2 Å². The summed E-state index contributed by atoms with van der Waals surface area (Å²) < 4.78 is 5.15. The Morgan fingerprint density at radius 2 is 2.04 bits per heavy atom. The van der Waals surface area contributed by atoms with Gasteiger partial charge in [-0.2, -0.15) is 5.01 Å². The van der Waals surface area contributed by atoms with Crippen molar-refractivity contribution in [2.75, 3.05) is 43.5 Å². The summed E-state index contributed by atoms with van der Waals surface area (Å²) in [5.41, 5.74) is 0.675. The van der Waals surface area contributed by atoms with Crippen LogP contribution in [0.2, 0.25) is 0 Å². The molecule has 9 heteroatoms. The van der Waals surface area contributed by atoms with Crippen LogP contribution >= 0.6 is 11.8 Å². The van der Waals surface area contributed by atoms with Crippen molar-refractivity contribution in [1.29, 1.82) is 0 Å². The molecule has 0 unspecified atom stereocenters. The molecule has 150 valence electrons. The summed E-state index contributed by atoms with van der Waals surface area (Å²) in [5.74, 6) is 0.510. The average Bonchev–Trinajstić information content (AvgIpc) is 3.20. The van der Waals surface area contributed by atoms with Crippen molar-refractivity contribution in [2.45, 2.75) is 19.8 Å². The topological polar surface area (TPSA) is 88.9 Å². The summed E-state index contributed by atoms with van der Waals surface area (Å²) in [6, 6.07) is 9.13. The van der Waals surface area contributed by atoms with Gasteiger partial charge in [0.05, 0.1) is 17.9 Å². The summed E-state index contributed by atoms with van der Waals surface area (Å²) in [6.45, 7) is 6.84. The van der Waals surface area contributed by atoms with Crippen LogP contribution in [0.3, 0.4) is 0 Å². The molecule has 8 nitrogen and oxygen atoms in total. The van der Waals surface area contributed by atoms with Gasteiger partial charge in [0.25, 0.3) is 6.20 Å². The number of piperazine rings is 1. The molecule has 28 heavy (non-hydrogen) atoms. The summed E-state index contributed by atoms with van der Waals surface area (Å²) in [7, 11) is 0. The number of benzene rings is 1. The molecule has 1 aromatic heterocycles. The van der Waals surface area contributed by atoms with E-state index in [0.717, 1.165) is 32.7 Å². The molecular weight excluding hydrogens is 378 g/mol. The standard InChI is InChI=1S/C19H25N5O3S/c1-2-22-10-12-23(13-11-22)24-15-18(27-21-24)20-17(25)9-6-14-28-19(26)16-7-4-3-5-8-16/h3-5,7-8,15H,2,6,9-14H2,1H3. The van der Waals surface area contributed by atoms with Crippen LogP contribution in [0, 0.1) is 0 Å². The fourth-order valence-corrected chi connectivity index (χ4v) is 3.67. The van der Waals surface area contributed by atoms with Crippen LogP contribution in [0.4, 0.5) is 5.88 Å². The molecule has 0 atom stereocenters. The van der Waals surface area contributed by atoms with Crippen LogP contribution in [0.25, 0.3) is 0 Å². The number of hydrogen-bond donors (Lipinski definition) is 0. The molecule has 0 aliphatic carbocycles. The van der Waals surface area contributed by atoms with E-state index in [-0.39, 0.29) is 23.3 Å². The summed E-state index contributed by atoms with van der Waals surface area (Å²) >= 11 is 1.22. The monoisotopic (exact) mass is 403 g/mol. The zero-order valence-electron chi connectivity index (χ0n) is 16.0. The molecule has 0 radical (unpaired) electrons. The fourth-order valence-electron chi connectivity index (χ4n) is 2.90. The largest absolute Gasteiger partial charge is 0.862 e. The van der Waals surface area contributed by atoms with Crippen LogP contribution < -0.4 is 14.9 Å². The van der Waals surface area contributed by atoms with Crippen molar-refractivity contribution in [3.8, 4) is 0 Å². The molecule has 2 aromatic rings. The zero-order valence-corrected chi connectivity index (χ0v) is 16.8. The third-order valence-electron chi connectivity index (χ3n) is 4.54. The van der Waals surface area contributed by atoms with E-state index in [4.69, 9.17) is 4.52 Å². The minimum atomic E-state index is -0.271. The Morgan fingerprint density at radius 1 is 1.29 bits per heavy atom. The maximum atomic E-state index is 12.0. The molecule has 0 saturated carbocycles. The Balaban J connectivity index is 1.42. The van der Waals surface area contributed by atoms with E-state index >= 15 is 0 Å². The van der Waals surface area contributed by atoms with Crippen LogP contribution in [0.1, 0.15) is 30.1 Å². The Kier molecular flexibility index (Phi) is 7.44. The van der Waals surface area contributed by atoms with E-state index < -0.39 is 0 Å². The first-order valence-corrected chi connectivity index (χ1v) is 10.5. The molecule has 0 N–H and O–H groups in total. The number of thioether (sulfide) groups is 1. The molecule has 1 aliphatic heterocycles. The van der Waals surface area contributed by atoms with Gasteiger partial charge in [-0.1, -0.05) is 49.0 Å². The highest BCUT2D eigenvalue weighted by Crippen LogP contribution is 2.14. The second-order valence-corrected chi connectivity index (χ2v) is 7.53. The Hall–Kier alpha value is -2.39. The van der Waals surface area contributed by atoms with Crippen molar-refractivity contribution in [1.82, 2.24) is 10.2 Å². The summed E-state index contributed by atoms with van der Waals surface area (Å²) in [4.78, 5) is 19.9. The van der Waals surface area contributed by atoms with Gasteiger partial charge < -0.3 is 5.11 Å². The number of aliphatic imine (C=N–C) groups is 1. The smallest absolute Gasteiger partial charge is 0.324 e. The van der Waals surface area contributed by atoms with E-state index in [9.17, 15) is 9.90 Å². The number of carbonyl (C=O) groups excluding carboxylic acids is 1. The molecule has 1 aliphatic rings. The predicted molar refractivity (Wildman–Crippen MR) is 106 cm³/mol. The van der Waals surface area contributed by atoms with E-state index in [1.54, 1.807) is 23.1 Å². The zero-order chi connectivity index (χ0) is 19.8. The van der Waals surface area contributed by atoms with Crippen LogP contribution in [-0.4, -0.2) is 59.7 Å². The highest BCUT2D eigenvalue weighted by molar-refractivity contribution is 8.14. The molecule has 1 aromatic carbocycles. The molecule has 1 fully saturated rings. The van der Waals surface area contributed by atoms with Crippen molar-refractivity contribution in [3.63, 3.8) is 0 Å². The van der Waals surface area contributed by atoms with E-state index in [2.05, 4.69) is 27.1 Å². The molecule has 0 amide bonds. The van der Waals surface area contributed by atoms with Gasteiger partial charge in [-0.15, -0.1) is 0 Å². The lowest BCUT2D eigenvalue weighted by molar-refractivity contribution is -0.759. The number of likely N-dealkylation sites (N-methyl/N-ethyl adjacent to an activating group) is 1. The predicted octanol–water partition coefficient (Wildman–Crippen LogP) is 0.980. The minimum Gasteiger partial charge on any atom is -0.862 e. The number of hydrogen-bond acceptors (Lipinski definition) is 8. The van der Waals surface area contributed by atoms with Crippen LogP contribution in [0.15, 0.2) is 46.0 Å².